The number of aromatic nitrogens is 3. The van der Waals surface area contributed by atoms with E-state index in [0.717, 1.165) is 11.1 Å². The molecule has 0 saturated carbocycles. The third-order valence-corrected chi connectivity index (χ3v) is 5.35. The highest BCUT2D eigenvalue weighted by Crippen LogP contribution is 2.37. The highest BCUT2D eigenvalue weighted by Gasteiger charge is 2.20. The summed E-state index contributed by atoms with van der Waals surface area (Å²) in [5.74, 6) is 1.40. The molecule has 0 aliphatic heterocycles. The maximum absolute atomic E-state index is 11.0. The van der Waals surface area contributed by atoms with Gasteiger partial charge in [0.2, 0.25) is 0 Å². The molecule has 0 saturated heterocycles. The molecule has 0 radical (unpaired) electrons. The second kappa shape index (κ2) is 8.71. The number of rotatable bonds is 8. The Hall–Kier alpha value is -3.13. The molecule has 7 nitrogen and oxygen atoms in total. The quantitative estimate of drug-likeness (QED) is 0.233. The van der Waals surface area contributed by atoms with Crippen molar-refractivity contribution < 1.29 is 9.66 Å². The zero-order valence-corrected chi connectivity index (χ0v) is 16.4. The van der Waals surface area contributed by atoms with E-state index in [9.17, 15) is 10.1 Å². The minimum absolute atomic E-state index is 0.0433. The Bertz CT molecular complexity index is 1000. The van der Waals surface area contributed by atoms with Gasteiger partial charge in [-0.2, -0.15) is 0 Å². The van der Waals surface area contributed by atoms with Gasteiger partial charge in [0.25, 0.3) is 5.69 Å². The molecule has 3 rings (SSSR count). The Morgan fingerprint density at radius 3 is 2.79 bits per heavy atom. The van der Waals surface area contributed by atoms with Crippen LogP contribution in [0.3, 0.4) is 0 Å². The van der Waals surface area contributed by atoms with Gasteiger partial charge in [-0.05, 0) is 24.6 Å². The van der Waals surface area contributed by atoms with Crippen LogP contribution >= 0.6 is 11.8 Å². The average molecular weight is 396 g/mol. The Kier molecular flexibility index (Phi) is 6.10. The summed E-state index contributed by atoms with van der Waals surface area (Å²) < 4.78 is 7.41. The number of nitro benzene ring substituents is 1. The minimum atomic E-state index is -0.388. The normalized spacial score (nSPS) is 11.8. The molecule has 1 atom stereocenters. The zero-order chi connectivity index (χ0) is 20.1. The summed E-state index contributed by atoms with van der Waals surface area (Å²) >= 11 is 1.49. The van der Waals surface area contributed by atoms with Crippen LogP contribution in [0.25, 0.3) is 11.4 Å². The molecule has 144 valence electrons. The van der Waals surface area contributed by atoms with Crippen LogP contribution in [0.5, 0.6) is 5.75 Å². The predicted octanol–water partition coefficient (Wildman–Crippen LogP) is 4.90. The van der Waals surface area contributed by atoms with E-state index in [1.165, 1.54) is 17.8 Å². The molecule has 0 spiro atoms. The van der Waals surface area contributed by atoms with E-state index in [1.54, 1.807) is 25.3 Å². The van der Waals surface area contributed by atoms with Crippen LogP contribution in [-0.4, -0.2) is 26.8 Å². The topological polar surface area (TPSA) is 83.1 Å². The minimum Gasteiger partial charge on any atom is -0.496 e. The van der Waals surface area contributed by atoms with Gasteiger partial charge in [0.15, 0.2) is 11.0 Å². The van der Waals surface area contributed by atoms with Gasteiger partial charge in [0.1, 0.15) is 5.75 Å². The number of hydrogen-bond acceptors (Lipinski definition) is 6. The summed E-state index contributed by atoms with van der Waals surface area (Å²) in [6, 6.07) is 14.3. The first-order valence-electron chi connectivity index (χ1n) is 8.63. The molecule has 0 bridgehead atoms. The number of nitrogens with zero attached hydrogens (tertiary/aromatic N) is 4. The van der Waals surface area contributed by atoms with Crippen LogP contribution in [0.4, 0.5) is 5.69 Å². The molecule has 0 aliphatic carbocycles. The van der Waals surface area contributed by atoms with Crippen molar-refractivity contribution in [3.05, 3.63) is 76.9 Å². The van der Waals surface area contributed by atoms with Crippen LogP contribution in [-0.2, 0) is 6.54 Å². The van der Waals surface area contributed by atoms with Crippen LogP contribution in [0.1, 0.15) is 17.7 Å². The van der Waals surface area contributed by atoms with E-state index >= 15 is 0 Å². The standard InChI is InChI=1S/C20H20N4O3S/c1-4-12-23-19(17-10-5-6-11-18(17)27-3)21-22-20(23)28-14(2)15-8-7-9-16(13-15)24(25)26/h4-11,13-14H,1,12H2,2-3H3/t14-/m0/s1. The van der Waals surface area contributed by atoms with Crippen molar-refractivity contribution in [2.24, 2.45) is 0 Å². The van der Waals surface area contributed by atoms with Gasteiger partial charge in [-0.25, -0.2) is 0 Å². The molecule has 0 aliphatic rings. The number of thioether (sulfide) groups is 1. The molecule has 0 amide bonds. The fourth-order valence-corrected chi connectivity index (χ4v) is 3.79. The fourth-order valence-electron chi connectivity index (χ4n) is 2.82. The van der Waals surface area contributed by atoms with Crippen molar-refractivity contribution in [1.82, 2.24) is 14.8 Å². The summed E-state index contributed by atoms with van der Waals surface area (Å²) in [6.07, 6.45) is 1.78. The largest absolute Gasteiger partial charge is 0.496 e. The third-order valence-electron chi connectivity index (χ3n) is 4.21. The lowest BCUT2D eigenvalue weighted by Gasteiger charge is -2.13. The molecule has 0 fully saturated rings. The lowest BCUT2D eigenvalue weighted by atomic mass is 10.1. The Balaban J connectivity index is 1.94. The molecule has 0 N–H and O–H groups in total. The smallest absolute Gasteiger partial charge is 0.269 e. The number of allylic oxidation sites excluding steroid dienone is 1. The van der Waals surface area contributed by atoms with Crippen molar-refractivity contribution in [1.29, 1.82) is 0 Å². The molecular weight excluding hydrogens is 376 g/mol. The van der Waals surface area contributed by atoms with Gasteiger partial charge in [0.05, 0.1) is 17.6 Å². The molecule has 3 aromatic rings. The fraction of sp³-hybridized carbons (Fsp3) is 0.200. The van der Waals surface area contributed by atoms with E-state index in [0.29, 0.717) is 23.3 Å². The number of nitro groups is 1. The molecule has 8 heteroatoms. The molecule has 28 heavy (non-hydrogen) atoms. The lowest BCUT2D eigenvalue weighted by molar-refractivity contribution is -0.384. The number of para-hydroxylation sites is 1. The van der Waals surface area contributed by atoms with Gasteiger partial charge < -0.3 is 4.74 Å². The Morgan fingerprint density at radius 2 is 2.07 bits per heavy atom. The Labute approximate surface area is 167 Å². The van der Waals surface area contributed by atoms with Crippen LogP contribution in [0, 0.1) is 10.1 Å². The molecular formula is C20H20N4O3S. The van der Waals surface area contributed by atoms with E-state index in [4.69, 9.17) is 4.74 Å². The molecule has 2 aromatic carbocycles. The first-order chi connectivity index (χ1) is 13.5. The molecule has 0 unspecified atom stereocenters. The summed E-state index contributed by atoms with van der Waals surface area (Å²) in [6.45, 7) is 6.35. The van der Waals surface area contributed by atoms with Gasteiger partial charge in [-0.1, -0.05) is 42.1 Å². The van der Waals surface area contributed by atoms with Crippen molar-refractivity contribution in [3.8, 4) is 17.1 Å². The number of methoxy groups -OCH3 is 1. The summed E-state index contributed by atoms with van der Waals surface area (Å²) in [5.41, 5.74) is 1.77. The van der Waals surface area contributed by atoms with Crippen molar-refractivity contribution in [3.63, 3.8) is 0 Å². The predicted molar refractivity (Wildman–Crippen MR) is 110 cm³/mol. The van der Waals surface area contributed by atoms with Crippen LogP contribution in [0.15, 0.2) is 66.3 Å². The van der Waals surface area contributed by atoms with Crippen molar-refractivity contribution >= 4 is 17.4 Å². The highest BCUT2D eigenvalue weighted by molar-refractivity contribution is 7.99. The SMILES string of the molecule is C=CCn1c(S[C@@H](C)c2cccc([N+](=O)[O-])c2)nnc1-c1ccccc1OC. The Morgan fingerprint density at radius 1 is 1.29 bits per heavy atom. The van der Waals surface area contributed by atoms with Gasteiger partial charge in [-0.3, -0.25) is 14.7 Å². The average Bonchev–Trinajstić information content (AvgIpc) is 3.10. The maximum Gasteiger partial charge on any atom is 0.269 e. The number of hydrogen-bond donors (Lipinski definition) is 0. The third kappa shape index (κ3) is 4.07. The van der Waals surface area contributed by atoms with Crippen molar-refractivity contribution in [2.45, 2.75) is 23.9 Å². The first-order valence-corrected chi connectivity index (χ1v) is 9.51. The van der Waals surface area contributed by atoms with E-state index in [2.05, 4.69) is 16.8 Å². The van der Waals surface area contributed by atoms with E-state index in [-0.39, 0.29) is 15.9 Å². The van der Waals surface area contributed by atoms with Gasteiger partial charge >= 0.3 is 0 Å². The second-order valence-corrected chi connectivity index (χ2v) is 7.33. The van der Waals surface area contributed by atoms with Crippen molar-refractivity contribution in [2.75, 3.05) is 7.11 Å². The zero-order valence-electron chi connectivity index (χ0n) is 15.6. The number of ether oxygens (including phenoxy) is 1. The van der Waals surface area contributed by atoms with Crippen LogP contribution < -0.4 is 4.74 Å². The van der Waals surface area contributed by atoms with E-state index in [1.807, 2.05) is 41.8 Å². The first kappa shape index (κ1) is 19.6. The number of benzene rings is 2. The molecule has 1 heterocycles. The summed E-state index contributed by atoms with van der Waals surface area (Å²) in [4.78, 5) is 10.7. The lowest BCUT2D eigenvalue weighted by Crippen LogP contribution is -2.02. The second-order valence-electron chi connectivity index (χ2n) is 6.02. The van der Waals surface area contributed by atoms with E-state index < -0.39 is 0 Å². The monoisotopic (exact) mass is 396 g/mol. The van der Waals surface area contributed by atoms with Gasteiger partial charge in [0, 0.05) is 23.9 Å². The van der Waals surface area contributed by atoms with Gasteiger partial charge in [-0.15, -0.1) is 16.8 Å². The highest BCUT2D eigenvalue weighted by atomic mass is 32.2. The molecule has 1 aromatic heterocycles. The summed E-state index contributed by atoms with van der Waals surface area (Å²) in [7, 11) is 1.62. The number of non-ortho nitro benzene ring substituents is 1. The maximum atomic E-state index is 11.0. The summed E-state index contributed by atoms with van der Waals surface area (Å²) in [5, 5.41) is 20.4. The van der Waals surface area contributed by atoms with Crippen LogP contribution in [0.2, 0.25) is 0 Å².